The van der Waals surface area contributed by atoms with E-state index in [0.29, 0.717) is 19.2 Å². The Morgan fingerprint density at radius 2 is 1.85 bits per heavy atom. The number of aliphatic carboxylic acids is 1. The second kappa shape index (κ2) is 10.1. The molecule has 0 aromatic heterocycles. The molecule has 0 saturated heterocycles. The third kappa shape index (κ3) is 6.42. The maximum atomic E-state index is 11.6. The van der Waals surface area contributed by atoms with Crippen molar-refractivity contribution < 1.29 is 14.9 Å². The minimum atomic E-state index is -1.13. The molecule has 1 aliphatic rings. The van der Waals surface area contributed by atoms with Crippen LogP contribution in [0.3, 0.4) is 0 Å². The van der Waals surface area contributed by atoms with Crippen LogP contribution in [0, 0.1) is 0 Å². The van der Waals surface area contributed by atoms with Gasteiger partial charge in [0.15, 0.2) is 0 Å². The minimum Gasteiger partial charge on any atom is -0.480 e. The summed E-state index contributed by atoms with van der Waals surface area (Å²) in [6.07, 6.45) is 6.15. The SMILES string of the molecule is CB(O)CCCCC(N)(CCCCN1CCc2ccccc2C1)C(=O)O. The van der Waals surface area contributed by atoms with Gasteiger partial charge in [-0.1, -0.05) is 43.9 Å². The van der Waals surface area contributed by atoms with Crippen LogP contribution in [0.2, 0.25) is 13.1 Å². The predicted octanol–water partition coefficient (Wildman–Crippen LogP) is 2.78. The predicted molar refractivity (Wildman–Crippen MR) is 106 cm³/mol. The number of hydrogen-bond donors (Lipinski definition) is 3. The molecule has 0 saturated carbocycles. The Kier molecular flexibility index (Phi) is 8.13. The quantitative estimate of drug-likeness (QED) is 0.417. The monoisotopic (exact) mass is 360 g/mol. The third-order valence-electron chi connectivity index (χ3n) is 5.48. The molecule has 144 valence electrons. The van der Waals surface area contributed by atoms with E-state index in [1.165, 1.54) is 11.1 Å². The summed E-state index contributed by atoms with van der Waals surface area (Å²) in [4.78, 5) is 14.0. The zero-order chi connectivity index (χ0) is 19.0. The summed E-state index contributed by atoms with van der Waals surface area (Å²) in [6, 6.07) is 8.60. The Balaban J connectivity index is 1.70. The number of fused-ring (bicyclic) bond motifs is 1. The molecule has 6 heteroatoms. The van der Waals surface area contributed by atoms with Crippen molar-refractivity contribution in [2.24, 2.45) is 5.73 Å². The first-order chi connectivity index (χ1) is 12.4. The maximum Gasteiger partial charge on any atom is 0.323 e. The summed E-state index contributed by atoms with van der Waals surface area (Å²) < 4.78 is 0. The zero-order valence-electron chi connectivity index (χ0n) is 16.0. The van der Waals surface area contributed by atoms with Crippen molar-refractivity contribution in [1.29, 1.82) is 0 Å². The second-order valence-corrected chi connectivity index (χ2v) is 7.81. The minimum absolute atomic E-state index is 0.332. The fourth-order valence-electron chi connectivity index (χ4n) is 3.74. The lowest BCUT2D eigenvalue weighted by Gasteiger charge is -2.29. The van der Waals surface area contributed by atoms with Crippen LogP contribution < -0.4 is 5.73 Å². The van der Waals surface area contributed by atoms with E-state index in [1.807, 2.05) is 0 Å². The molecule has 26 heavy (non-hydrogen) atoms. The molecule has 4 N–H and O–H groups in total. The molecule has 0 fully saturated rings. The largest absolute Gasteiger partial charge is 0.480 e. The van der Waals surface area contributed by atoms with Crippen LogP contribution in [-0.4, -0.2) is 46.5 Å². The van der Waals surface area contributed by atoms with Gasteiger partial charge in [-0.2, -0.15) is 0 Å². The summed E-state index contributed by atoms with van der Waals surface area (Å²) in [5.74, 6) is -0.901. The molecule has 0 amide bonds. The van der Waals surface area contributed by atoms with E-state index in [2.05, 4.69) is 29.2 Å². The van der Waals surface area contributed by atoms with Crippen molar-refractivity contribution >= 4 is 12.9 Å². The number of carboxylic acids is 1. The number of hydrogen-bond acceptors (Lipinski definition) is 4. The van der Waals surface area contributed by atoms with E-state index in [9.17, 15) is 14.9 Å². The van der Waals surface area contributed by atoms with Gasteiger partial charge in [-0.15, -0.1) is 0 Å². The standard InChI is InChI=1S/C20H33BN2O3/c1-21(26)13-6-4-11-20(22,19(24)25)12-5-7-14-23-15-10-17-8-2-3-9-18(17)16-23/h2-3,8-9,26H,4-7,10-16,22H2,1H3,(H,24,25). The molecule has 1 unspecified atom stereocenters. The summed E-state index contributed by atoms with van der Waals surface area (Å²) >= 11 is 0. The Labute approximate surface area is 157 Å². The zero-order valence-corrected chi connectivity index (χ0v) is 16.0. The average Bonchev–Trinajstić information content (AvgIpc) is 2.62. The van der Waals surface area contributed by atoms with Crippen LogP contribution in [-0.2, 0) is 17.8 Å². The van der Waals surface area contributed by atoms with E-state index in [-0.39, 0.29) is 6.92 Å². The van der Waals surface area contributed by atoms with Gasteiger partial charge in [0.1, 0.15) is 5.54 Å². The molecule has 1 aromatic carbocycles. The molecule has 0 aliphatic carbocycles. The maximum absolute atomic E-state index is 11.6. The van der Waals surface area contributed by atoms with Crippen LogP contribution >= 0.6 is 0 Å². The first kappa shape index (κ1) is 20.9. The van der Waals surface area contributed by atoms with Crippen molar-refractivity contribution in [2.75, 3.05) is 13.1 Å². The van der Waals surface area contributed by atoms with Gasteiger partial charge in [-0.3, -0.25) is 9.69 Å². The lowest BCUT2D eigenvalue weighted by molar-refractivity contribution is -0.144. The van der Waals surface area contributed by atoms with Gasteiger partial charge >= 0.3 is 5.97 Å². The molecule has 1 heterocycles. The van der Waals surface area contributed by atoms with E-state index >= 15 is 0 Å². The molecule has 1 atom stereocenters. The molecule has 0 radical (unpaired) electrons. The molecule has 5 nitrogen and oxygen atoms in total. The summed E-state index contributed by atoms with van der Waals surface area (Å²) in [6.45, 7) is 4.48. The van der Waals surface area contributed by atoms with Gasteiger partial charge in [-0.25, -0.2) is 0 Å². The number of nitrogens with two attached hydrogens (primary N) is 1. The number of benzene rings is 1. The first-order valence-corrected chi connectivity index (χ1v) is 9.90. The smallest absolute Gasteiger partial charge is 0.323 e. The number of nitrogens with zero attached hydrogens (tertiary/aromatic N) is 1. The molecule has 0 spiro atoms. The lowest BCUT2D eigenvalue weighted by atomic mass is 9.66. The van der Waals surface area contributed by atoms with Gasteiger partial charge in [0.05, 0.1) is 0 Å². The Morgan fingerprint density at radius 3 is 2.50 bits per heavy atom. The van der Waals surface area contributed by atoms with Crippen LogP contribution in [0.4, 0.5) is 0 Å². The van der Waals surface area contributed by atoms with Crippen molar-refractivity contribution in [1.82, 2.24) is 4.90 Å². The van der Waals surface area contributed by atoms with Crippen molar-refractivity contribution in [2.45, 2.75) is 70.2 Å². The van der Waals surface area contributed by atoms with Gasteiger partial charge < -0.3 is 15.9 Å². The highest BCUT2D eigenvalue weighted by Crippen LogP contribution is 2.22. The highest BCUT2D eigenvalue weighted by Gasteiger charge is 2.32. The second-order valence-electron chi connectivity index (χ2n) is 7.81. The Hall–Kier alpha value is -1.37. The van der Waals surface area contributed by atoms with Gasteiger partial charge in [0, 0.05) is 13.1 Å². The molecule has 0 bridgehead atoms. The van der Waals surface area contributed by atoms with Gasteiger partial charge in [-0.05, 0) is 56.1 Å². The topological polar surface area (TPSA) is 86.8 Å². The van der Waals surface area contributed by atoms with Gasteiger partial charge in [0.2, 0.25) is 0 Å². The molecule has 1 aromatic rings. The van der Waals surface area contributed by atoms with Gasteiger partial charge in [0.25, 0.3) is 6.92 Å². The Morgan fingerprint density at radius 1 is 1.19 bits per heavy atom. The van der Waals surface area contributed by atoms with Crippen LogP contribution in [0.5, 0.6) is 0 Å². The molecule has 2 rings (SSSR count). The fourth-order valence-corrected chi connectivity index (χ4v) is 3.74. The number of carbonyl (C=O) groups is 1. The van der Waals surface area contributed by atoms with E-state index < -0.39 is 11.5 Å². The lowest BCUT2D eigenvalue weighted by Crippen LogP contribution is -2.48. The van der Waals surface area contributed by atoms with Crippen molar-refractivity contribution in [3.8, 4) is 0 Å². The number of unbranched alkanes of at least 4 members (excludes halogenated alkanes) is 2. The summed E-state index contributed by atoms with van der Waals surface area (Å²) in [5, 5.41) is 18.8. The normalized spacial score (nSPS) is 16.7. The van der Waals surface area contributed by atoms with Crippen molar-refractivity contribution in [3.05, 3.63) is 35.4 Å². The van der Waals surface area contributed by atoms with E-state index in [1.54, 1.807) is 6.82 Å². The van der Waals surface area contributed by atoms with Crippen LogP contribution in [0.1, 0.15) is 49.7 Å². The summed E-state index contributed by atoms with van der Waals surface area (Å²) in [7, 11) is 0. The van der Waals surface area contributed by atoms with Crippen molar-refractivity contribution in [3.63, 3.8) is 0 Å². The molecule has 1 aliphatic heterocycles. The third-order valence-corrected chi connectivity index (χ3v) is 5.48. The summed E-state index contributed by atoms with van der Waals surface area (Å²) in [5.41, 5.74) is 7.90. The molecular formula is C20H33BN2O3. The highest BCUT2D eigenvalue weighted by atomic mass is 16.4. The van der Waals surface area contributed by atoms with E-state index in [4.69, 9.17) is 5.73 Å². The number of rotatable bonds is 11. The average molecular weight is 360 g/mol. The molecular weight excluding hydrogens is 327 g/mol. The number of carboxylic acid groups (broad SMARTS) is 1. The first-order valence-electron chi connectivity index (χ1n) is 9.90. The highest BCUT2D eigenvalue weighted by molar-refractivity contribution is 6.48. The van der Waals surface area contributed by atoms with Crippen LogP contribution in [0.25, 0.3) is 0 Å². The van der Waals surface area contributed by atoms with Crippen LogP contribution in [0.15, 0.2) is 24.3 Å². The Bertz CT molecular complexity index is 582. The fraction of sp³-hybridized carbons (Fsp3) is 0.650. The van der Waals surface area contributed by atoms with E-state index in [0.717, 1.165) is 51.7 Å².